The van der Waals surface area contributed by atoms with Crippen molar-refractivity contribution in [2.45, 2.75) is 46.1 Å². The van der Waals surface area contributed by atoms with E-state index in [0.29, 0.717) is 31.4 Å². The van der Waals surface area contributed by atoms with E-state index >= 15 is 0 Å². The number of aliphatic imine (C=N–C) groups is 1. The largest absolute Gasteiger partial charge is 0.478 e. The number of amides is 1. The zero-order valence-corrected chi connectivity index (χ0v) is 19.6. The molecule has 1 fully saturated rings. The van der Waals surface area contributed by atoms with Gasteiger partial charge in [0.2, 0.25) is 11.8 Å². The second kappa shape index (κ2) is 13.6. The van der Waals surface area contributed by atoms with Gasteiger partial charge in [-0.1, -0.05) is 13.0 Å². The first kappa shape index (κ1) is 24.5. The van der Waals surface area contributed by atoms with Crippen LogP contribution in [-0.4, -0.2) is 55.0 Å². The summed E-state index contributed by atoms with van der Waals surface area (Å²) in [6.45, 7) is 8.11. The number of nitrogens with zero attached hydrogens (tertiary/aromatic N) is 3. The van der Waals surface area contributed by atoms with Gasteiger partial charge >= 0.3 is 0 Å². The highest BCUT2D eigenvalue weighted by Gasteiger charge is 2.23. The summed E-state index contributed by atoms with van der Waals surface area (Å²) in [5, 5.41) is 6.10. The predicted molar refractivity (Wildman–Crippen MR) is 123 cm³/mol. The molecular formula is C20H34IN5O2. The summed E-state index contributed by atoms with van der Waals surface area (Å²) in [5.41, 5.74) is 1.06. The third kappa shape index (κ3) is 8.20. The second-order valence-corrected chi connectivity index (χ2v) is 6.83. The first-order chi connectivity index (χ1) is 13.2. The molecule has 1 aromatic heterocycles. The van der Waals surface area contributed by atoms with Crippen LogP contribution in [0.5, 0.6) is 5.88 Å². The lowest BCUT2D eigenvalue weighted by molar-refractivity contribution is -0.121. The fourth-order valence-corrected chi connectivity index (χ4v) is 3.10. The molecule has 2 rings (SSSR count). The summed E-state index contributed by atoms with van der Waals surface area (Å²) in [6.07, 6.45) is 5.45. The number of guanidine groups is 1. The van der Waals surface area contributed by atoms with Crippen LogP contribution < -0.4 is 15.4 Å². The average Bonchev–Trinajstić information content (AvgIpc) is 2.71. The fraction of sp³-hybridized carbons (Fsp3) is 0.650. The van der Waals surface area contributed by atoms with Gasteiger partial charge in [-0.2, -0.15) is 0 Å². The summed E-state index contributed by atoms with van der Waals surface area (Å²) in [5.74, 6) is 2.19. The predicted octanol–water partition coefficient (Wildman–Crippen LogP) is 2.80. The molecule has 158 valence electrons. The van der Waals surface area contributed by atoms with E-state index in [9.17, 15) is 4.79 Å². The van der Waals surface area contributed by atoms with Crippen molar-refractivity contribution < 1.29 is 9.53 Å². The first-order valence-electron chi connectivity index (χ1n) is 9.97. The molecule has 28 heavy (non-hydrogen) atoms. The molecule has 0 bridgehead atoms. The molecule has 0 unspecified atom stereocenters. The number of carbonyl (C=O) groups is 1. The Kier molecular flexibility index (Phi) is 11.9. The highest BCUT2D eigenvalue weighted by atomic mass is 127. The van der Waals surface area contributed by atoms with Crippen LogP contribution >= 0.6 is 24.0 Å². The van der Waals surface area contributed by atoms with Gasteiger partial charge in [0, 0.05) is 45.4 Å². The summed E-state index contributed by atoms with van der Waals surface area (Å²) < 4.78 is 5.52. The lowest BCUT2D eigenvalue weighted by atomic mass is 9.93. The van der Waals surface area contributed by atoms with Crippen LogP contribution in [-0.2, 0) is 11.3 Å². The van der Waals surface area contributed by atoms with Crippen LogP contribution in [0.3, 0.4) is 0 Å². The molecule has 2 N–H and O–H groups in total. The van der Waals surface area contributed by atoms with E-state index in [1.165, 1.54) is 0 Å². The van der Waals surface area contributed by atoms with Crippen LogP contribution in [0.1, 0.15) is 45.1 Å². The number of halogens is 1. The number of rotatable bonds is 8. The molecule has 0 spiro atoms. The molecule has 0 radical (unpaired) electrons. The number of ether oxygens (including phenoxy) is 1. The number of pyridine rings is 1. The maximum Gasteiger partial charge on any atom is 0.220 e. The molecule has 0 atom stereocenters. The Balaban J connectivity index is 0.00000392. The molecule has 0 aromatic carbocycles. The number of likely N-dealkylation sites (tertiary alicyclic amines) is 1. The molecule has 1 aliphatic heterocycles. The Morgan fingerprint density at radius 1 is 1.32 bits per heavy atom. The van der Waals surface area contributed by atoms with Crippen molar-refractivity contribution in [3.8, 4) is 5.88 Å². The van der Waals surface area contributed by atoms with Crippen molar-refractivity contribution in [2.75, 3.05) is 33.3 Å². The minimum atomic E-state index is 0. The molecule has 1 aromatic rings. The highest BCUT2D eigenvalue weighted by molar-refractivity contribution is 14.0. The Morgan fingerprint density at radius 3 is 2.64 bits per heavy atom. The van der Waals surface area contributed by atoms with Gasteiger partial charge < -0.3 is 20.3 Å². The highest BCUT2D eigenvalue weighted by Crippen LogP contribution is 2.20. The van der Waals surface area contributed by atoms with Crippen molar-refractivity contribution >= 4 is 35.8 Å². The second-order valence-electron chi connectivity index (χ2n) is 6.83. The van der Waals surface area contributed by atoms with Crippen molar-refractivity contribution in [3.05, 3.63) is 23.9 Å². The normalized spacial score (nSPS) is 15.0. The maximum atomic E-state index is 11.6. The molecule has 8 heteroatoms. The van der Waals surface area contributed by atoms with E-state index in [2.05, 4.69) is 34.4 Å². The summed E-state index contributed by atoms with van der Waals surface area (Å²) in [4.78, 5) is 23.0. The van der Waals surface area contributed by atoms with Gasteiger partial charge in [-0.25, -0.2) is 9.98 Å². The van der Waals surface area contributed by atoms with E-state index in [1.54, 1.807) is 7.05 Å². The standard InChI is InChI=1S/C20H33N5O2.HI/c1-4-12-27-19-7-6-17(14-23-19)15-24-20(22-5-2)25-10-8-16(9-11-25)13-18(26)21-3;/h6-7,14,16H,4-5,8-13,15H2,1-3H3,(H,21,26)(H,22,24);1H. The molecule has 0 aliphatic carbocycles. The number of piperidine rings is 1. The van der Waals surface area contributed by atoms with Crippen LogP contribution in [0, 0.1) is 5.92 Å². The smallest absolute Gasteiger partial charge is 0.220 e. The van der Waals surface area contributed by atoms with Gasteiger partial charge in [0.05, 0.1) is 13.2 Å². The first-order valence-corrected chi connectivity index (χ1v) is 9.97. The topological polar surface area (TPSA) is 78.8 Å². The zero-order valence-electron chi connectivity index (χ0n) is 17.2. The van der Waals surface area contributed by atoms with Gasteiger partial charge in [0.15, 0.2) is 5.96 Å². The minimum Gasteiger partial charge on any atom is -0.478 e. The van der Waals surface area contributed by atoms with Crippen molar-refractivity contribution in [1.82, 2.24) is 20.5 Å². The van der Waals surface area contributed by atoms with Gasteiger partial charge in [-0.15, -0.1) is 24.0 Å². The van der Waals surface area contributed by atoms with Gasteiger partial charge in [0.25, 0.3) is 0 Å². The van der Waals surface area contributed by atoms with E-state index < -0.39 is 0 Å². The molecule has 2 heterocycles. The van der Waals surface area contributed by atoms with Crippen LogP contribution in [0.2, 0.25) is 0 Å². The molecule has 1 aliphatic rings. The summed E-state index contributed by atoms with van der Waals surface area (Å²) >= 11 is 0. The third-order valence-electron chi connectivity index (χ3n) is 4.66. The maximum absolute atomic E-state index is 11.6. The number of carbonyl (C=O) groups excluding carboxylic acids is 1. The SMILES string of the molecule is CCCOc1ccc(CN=C(NCC)N2CCC(CC(=O)NC)CC2)cn1.I. The van der Waals surface area contributed by atoms with Gasteiger partial charge in [-0.3, -0.25) is 4.79 Å². The van der Waals surface area contributed by atoms with Crippen LogP contribution in [0.4, 0.5) is 0 Å². The van der Waals surface area contributed by atoms with Crippen molar-refractivity contribution in [1.29, 1.82) is 0 Å². The van der Waals surface area contributed by atoms with Gasteiger partial charge in [-0.05, 0) is 37.7 Å². The number of hydrogen-bond acceptors (Lipinski definition) is 4. The quantitative estimate of drug-likeness (QED) is 0.324. The number of hydrogen-bond donors (Lipinski definition) is 2. The lowest BCUT2D eigenvalue weighted by Crippen LogP contribution is -2.46. The zero-order chi connectivity index (χ0) is 19.5. The monoisotopic (exact) mass is 503 g/mol. The lowest BCUT2D eigenvalue weighted by Gasteiger charge is -2.34. The number of nitrogens with one attached hydrogen (secondary N) is 2. The van der Waals surface area contributed by atoms with E-state index in [0.717, 1.165) is 50.4 Å². The molecule has 1 amide bonds. The van der Waals surface area contributed by atoms with E-state index in [1.807, 2.05) is 18.3 Å². The Morgan fingerprint density at radius 2 is 2.07 bits per heavy atom. The Labute approximate surface area is 185 Å². The molecule has 7 nitrogen and oxygen atoms in total. The minimum absolute atomic E-state index is 0. The number of aromatic nitrogens is 1. The van der Waals surface area contributed by atoms with Crippen molar-refractivity contribution in [2.24, 2.45) is 10.9 Å². The summed E-state index contributed by atoms with van der Waals surface area (Å²) in [6, 6.07) is 3.92. The van der Waals surface area contributed by atoms with Crippen LogP contribution in [0.15, 0.2) is 23.3 Å². The molecular weight excluding hydrogens is 469 g/mol. The van der Waals surface area contributed by atoms with E-state index in [-0.39, 0.29) is 29.9 Å². The van der Waals surface area contributed by atoms with Crippen LogP contribution in [0.25, 0.3) is 0 Å². The molecule has 0 saturated carbocycles. The molecule has 1 saturated heterocycles. The summed E-state index contributed by atoms with van der Waals surface area (Å²) in [7, 11) is 1.70. The third-order valence-corrected chi connectivity index (χ3v) is 4.66. The Hall–Kier alpha value is -1.58. The van der Waals surface area contributed by atoms with Gasteiger partial charge in [0.1, 0.15) is 0 Å². The van der Waals surface area contributed by atoms with E-state index in [4.69, 9.17) is 9.73 Å². The average molecular weight is 503 g/mol. The fourth-order valence-electron chi connectivity index (χ4n) is 3.10. The van der Waals surface area contributed by atoms with Crippen molar-refractivity contribution in [3.63, 3.8) is 0 Å². The Bertz CT molecular complexity index is 601.